The van der Waals surface area contributed by atoms with Gasteiger partial charge >= 0.3 is 0 Å². The van der Waals surface area contributed by atoms with Gasteiger partial charge in [-0.1, -0.05) is 6.08 Å². The zero-order valence-electron chi connectivity index (χ0n) is 8.11. The van der Waals surface area contributed by atoms with Crippen molar-refractivity contribution in [2.45, 2.75) is 6.92 Å². The third-order valence-corrected chi connectivity index (χ3v) is 1.80. The first-order chi connectivity index (χ1) is 6.20. The molecule has 0 aliphatic heterocycles. The van der Waals surface area contributed by atoms with Crippen molar-refractivity contribution in [2.75, 3.05) is 13.7 Å². The van der Waals surface area contributed by atoms with Gasteiger partial charge in [0.25, 0.3) is 0 Å². The van der Waals surface area contributed by atoms with Crippen LogP contribution in [-0.4, -0.2) is 28.6 Å². The monoisotopic (exact) mass is 182 g/mol. The van der Waals surface area contributed by atoms with Crippen LogP contribution in [0.4, 0.5) is 0 Å². The number of aryl methyl sites for hydroxylation is 2. The Hall–Kier alpha value is -1.29. The lowest BCUT2D eigenvalue weighted by Crippen LogP contribution is -1.95. The number of aliphatic hydroxyl groups is 1. The van der Waals surface area contributed by atoms with Gasteiger partial charge in [0, 0.05) is 7.05 Å². The zero-order valence-corrected chi connectivity index (χ0v) is 8.11. The molecule has 0 radical (unpaired) electrons. The Balaban J connectivity index is 3.09. The van der Waals surface area contributed by atoms with Gasteiger partial charge in [-0.15, -0.1) is 0 Å². The number of nitrogens with zero attached hydrogens (tertiary/aromatic N) is 2. The summed E-state index contributed by atoms with van der Waals surface area (Å²) in [6.45, 7) is 1.93. The molecule has 1 rings (SSSR count). The van der Waals surface area contributed by atoms with Crippen molar-refractivity contribution in [3.8, 4) is 5.88 Å². The second-order valence-electron chi connectivity index (χ2n) is 2.72. The Kier molecular flexibility index (Phi) is 3.08. The fourth-order valence-corrected chi connectivity index (χ4v) is 1.26. The van der Waals surface area contributed by atoms with Crippen LogP contribution in [0.15, 0.2) is 6.08 Å². The smallest absolute Gasteiger partial charge is 0.218 e. The lowest BCUT2D eigenvalue weighted by atomic mass is 10.2. The van der Waals surface area contributed by atoms with E-state index in [1.807, 2.05) is 14.0 Å². The van der Waals surface area contributed by atoms with Crippen molar-refractivity contribution >= 4 is 6.08 Å². The first-order valence-electron chi connectivity index (χ1n) is 4.05. The average Bonchev–Trinajstić information content (AvgIpc) is 2.37. The number of methoxy groups -OCH3 is 1. The lowest BCUT2D eigenvalue weighted by Gasteiger charge is -2.00. The number of ether oxygens (including phenoxy) is 1. The van der Waals surface area contributed by atoms with Crippen molar-refractivity contribution in [3.05, 3.63) is 17.3 Å². The zero-order chi connectivity index (χ0) is 9.84. The maximum atomic E-state index is 8.63. The number of aliphatic hydroxyl groups excluding tert-OH is 1. The van der Waals surface area contributed by atoms with E-state index in [9.17, 15) is 0 Å². The molecule has 1 heterocycles. The van der Waals surface area contributed by atoms with Crippen LogP contribution >= 0.6 is 0 Å². The fourth-order valence-electron chi connectivity index (χ4n) is 1.26. The summed E-state index contributed by atoms with van der Waals surface area (Å²) in [5.41, 5.74) is 1.81. The summed E-state index contributed by atoms with van der Waals surface area (Å²) in [4.78, 5) is 0. The topological polar surface area (TPSA) is 47.3 Å². The van der Waals surface area contributed by atoms with Gasteiger partial charge in [-0.25, -0.2) is 4.68 Å². The highest BCUT2D eigenvalue weighted by atomic mass is 16.5. The third-order valence-electron chi connectivity index (χ3n) is 1.80. The van der Waals surface area contributed by atoms with Crippen LogP contribution in [0, 0.1) is 6.92 Å². The van der Waals surface area contributed by atoms with Crippen molar-refractivity contribution in [1.82, 2.24) is 9.78 Å². The van der Waals surface area contributed by atoms with E-state index >= 15 is 0 Å². The van der Waals surface area contributed by atoms with Gasteiger partial charge < -0.3 is 9.84 Å². The van der Waals surface area contributed by atoms with E-state index in [2.05, 4.69) is 5.10 Å². The molecule has 1 N–H and O–H groups in total. The minimum absolute atomic E-state index is 0.0253. The van der Waals surface area contributed by atoms with Gasteiger partial charge in [0.2, 0.25) is 5.88 Å². The molecule has 0 aromatic carbocycles. The highest BCUT2D eigenvalue weighted by Gasteiger charge is 2.09. The quantitative estimate of drug-likeness (QED) is 0.750. The van der Waals surface area contributed by atoms with E-state index in [4.69, 9.17) is 9.84 Å². The summed E-state index contributed by atoms with van der Waals surface area (Å²) >= 11 is 0. The molecule has 1 aromatic heterocycles. The maximum Gasteiger partial charge on any atom is 0.218 e. The largest absolute Gasteiger partial charge is 0.481 e. The molecule has 4 nitrogen and oxygen atoms in total. The van der Waals surface area contributed by atoms with Crippen molar-refractivity contribution in [2.24, 2.45) is 7.05 Å². The van der Waals surface area contributed by atoms with E-state index in [-0.39, 0.29) is 6.61 Å². The molecule has 0 saturated carbocycles. The highest BCUT2D eigenvalue weighted by molar-refractivity contribution is 5.57. The summed E-state index contributed by atoms with van der Waals surface area (Å²) in [6.07, 6.45) is 3.47. The molecule has 1 aromatic rings. The van der Waals surface area contributed by atoms with Crippen LogP contribution in [0.2, 0.25) is 0 Å². The summed E-state index contributed by atoms with van der Waals surface area (Å²) in [5.74, 6) is 0.710. The molecule has 0 fully saturated rings. The molecule has 0 unspecified atom stereocenters. The molecule has 0 bridgehead atoms. The SMILES string of the molecule is COc1c(/C=C/CO)c(C)nn1C. The van der Waals surface area contributed by atoms with Gasteiger partial charge in [-0.2, -0.15) is 5.10 Å². The van der Waals surface area contributed by atoms with Gasteiger partial charge in [0.1, 0.15) is 0 Å². The van der Waals surface area contributed by atoms with E-state index < -0.39 is 0 Å². The lowest BCUT2D eigenvalue weighted by molar-refractivity contribution is 0.343. The van der Waals surface area contributed by atoms with E-state index in [0.29, 0.717) is 5.88 Å². The first kappa shape index (κ1) is 9.80. The predicted molar refractivity (Wildman–Crippen MR) is 50.6 cm³/mol. The summed E-state index contributed by atoms with van der Waals surface area (Å²) < 4.78 is 6.83. The Morgan fingerprint density at radius 2 is 2.31 bits per heavy atom. The Morgan fingerprint density at radius 1 is 1.62 bits per heavy atom. The number of aromatic nitrogens is 2. The number of rotatable bonds is 3. The normalized spacial score (nSPS) is 11.1. The standard InChI is InChI=1S/C9H14N2O2/c1-7-8(5-4-6-12)9(13-3)11(2)10-7/h4-5,12H,6H2,1-3H3/b5-4+. The third kappa shape index (κ3) is 1.89. The van der Waals surface area contributed by atoms with Crippen LogP contribution in [0.3, 0.4) is 0 Å². The second kappa shape index (κ2) is 4.09. The Bertz CT molecular complexity index is 316. The molecular formula is C9H14N2O2. The van der Waals surface area contributed by atoms with Crippen molar-refractivity contribution in [3.63, 3.8) is 0 Å². The summed E-state index contributed by atoms with van der Waals surface area (Å²) in [6, 6.07) is 0. The Morgan fingerprint density at radius 3 is 2.85 bits per heavy atom. The van der Waals surface area contributed by atoms with Crippen LogP contribution in [0.25, 0.3) is 6.08 Å². The summed E-state index contributed by atoms with van der Waals surface area (Å²) in [5, 5.41) is 12.8. The van der Waals surface area contributed by atoms with E-state index in [1.165, 1.54) is 0 Å². The fraction of sp³-hybridized carbons (Fsp3) is 0.444. The Labute approximate surface area is 77.4 Å². The number of hydrogen-bond acceptors (Lipinski definition) is 3. The van der Waals surface area contributed by atoms with E-state index in [1.54, 1.807) is 23.9 Å². The molecule has 4 heteroatoms. The molecule has 0 aliphatic carbocycles. The van der Waals surface area contributed by atoms with Crippen molar-refractivity contribution < 1.29 is 9.84 Å². The molecule has 0 aliphatic rings. The molecule has 0 atom stereocenters. The van der Waals surface area contributed by atoms with Gasteiger partial charge in [0.15, 0.2) is 0 Å². The molecule has 0 saturated heterocycles. The minimum atomic E-state index is 0.0253. The van der Waals surface area contributed by atoms with Crippen LogP contribution in [0.1, 0.15) is 11.3 Å². The minimum Gasteiger partial charge on any atom is -0.481 e. The van der Waals surface area contributed by atoms with E-state index in [0.717, 1.165) is 11.3 Å². The van der Waals surface area contributed by atoms with Crippen LogP contribution in [0.5, 0.6) is 5.88 Å². The highest BCUT2D eigenvalue weighted by Crippen LogP contribution is 2.21. The molecular weight excluding hydrogens is 168 g/mol. The molecule has 13 heavy (non-hydrogen) atoms. The summed E-state index contributed by atoms with van der Waals surface area (Å²) in [7, 11) is 3.43. The average molecular weight is 182 g/mol. The van der Waals surface area contributed by atoms with Gasteiger partial charge in [0.05, 0.1) is 25.0 Å². The molecule has 72 valence electrons. The second-order valence-corrected chi connectivity index (χ2v) is 2.72. The van der Waals surface area contributed by atoms with Crippen LogP contribution in [-0.2, 0) is 7.05 Å². The maximum absolute atomic E-state index is 8.63. The van der Waals surface area contributed by atoms with Crippen LogP contribution < -0.4 is 4.74 Å². The first-order valence-corrected chi connectivity index (χ1v) is 4.05. The van der Waals surface area contributed by atoms with Gasteiger partial charge in [-0.3, -0.25) is 0 Å². The molecule has 0 spiro atoms. The van der Waals surface area contributed by atoms with Gasteiger partial charge in [-0.05, 0) is 13.0 Å². The number of hydrogen-bond donors (Lipinski definition) is 1. The predicted octanol–water partition coefficient (Wildman–Crippen LogP) is 0.743. The van der Waals surface area contributed by atoms with Crippen molar-refractivity contribution in [1.29, 1.82) is 0 Å². The molecule has 0 amide bonds.